The Morgan fingerprint density at radius 3 is 2.28 bits per heavy atom. The summed E-state index contributed by atoms with van der Waals surface area (Å²) < 4.78 is 27.8. The number of fused-ring (bicyclic) bond motifs is 1. The summed E-state index contributed by atoms with van der Waals surface area (Å²) in [4.78, 5) is 27.2. The fraction of sp³-hybridized carbons (Fsp3) is 0.238. The van der Waals surface area contributed by atoms with Gasteiger partial charge in [0.05, 0.1) is 16.5 Å². The normalized spacial score (nSPS) is 15.1. The molecule has 0 spiro atoms. The zero-order valence-electron chi connectivity index (χ0n) is 16.8. The lowest BCUT2D eigenvalue weighted by Crippen LogP contribution is -2.52. The highest BCUT2D eigenvalue weighted by atomic mass is 35.5. The summed E-state index contributed by atoms with van der Waals surface area (Å²) in [5.74, 6) is -0.687. The zero-order valence-corrected chi connectivity index (χ0v) is 19.9. The van der Waals surface area contributed by atoms with Crippen LogP contribution in [0.25, 0.3) is 10.1 Å². The van der Waals surface area contributed by atoms with E-state index in [0.29, 0.717) is 14.9 Å². The van der Waals surface area contributed by atoms with Crippen molar-refractivity contribution < 1.29 is 18.0 Å². The summed E-state index contributed by atoms with van der Waals surface area (Å²) >= 11 is 13.4. The lowest BCUT2D eigenvalue weighted by atomic mass is 10.2. The summed E-state index contributed by atoms with van der Waals surface area (Å²) in [5, 5.41) is 4.25. The van der Waals surface area contributed by atoms with Gasteiger partial charge in [-0.25, -0.2) is 8.42 Å². The fourth-order valence-corrected chi connectivity index (χ4v) is 6.42. The molecule has 2 amide bonds. The molecule has 32 heavy (non-hydrogen) atoms. The Morgan fingerprint density at radius 2 is 1.62 bits per heavy atom. The third-order valence-electron chi connectivity index (χ3n) is 5.18. The van der Waals surface area contributed by atoms with Crippen LogP contribution in [0.1, 0.15) is 9.67 Å². The first-order valence-corrected chi connectivity index (χ1v) is 12.8. The maximum absolute atomic E-state index is 12.8. The number of rotatable bonds is 5. The fourth-order valence-electron chi connectivity index (χ4n) is 3.44. The van der Waals surface area contributed by atoms with Gasteiger partial charge in [-0.05, 0) is 30.3 Å². The van der Waals surface area contributed by atoms with E-state index in [1.54, 1.807) is 4.90 Å². The van der Waals surface area contributed by atoms with Gasteiger partial charge < -0.3 is 10.2 Å². The van der Waals surface area contributed by atoms with Crippen LogP contribution in [0, 0.1) is 0 Å². The van der Waals surface area contributed by atoms with Crippen LogP contribution < -0.4 is 5.32 Å². The van der Waals surface area contributed by atoms with E-state index in [1.807, 2.05) is 24.3 Å². The molecule has 2 heterocycles. The highest BCUT2D eigenvalue weighted by Gasteiger charge is 2.30. The van der Waals surface area contributed by atoms with E-state index in [2.05, 4.69) is 5.32 Å². The van der Waals surface area contributed by atoms with Gasteiger partial charge in [0.1, 0.15) is 4.88 Å². The Morgan fingerprint density at radius 1 is 0.969 bits per heavy atom. The van der Waals surface area contributed by atoms with Crippen molar-refractivity contribution >= 4 is 66.5 Å². The van der Waals surface area contributed by atoms with Crippen LogP contribution in [0.3, 0.4) is 0 Å². The van der Waals surface area contributed by atoms with Crippen molar-refractivity contribution in [3.05, 3.63) is 63.5 Å². The molecular formula is C21H19Cl2N3O4S2. The Hall–Kier alpha value is -2.17. The molecule has 2 aromatic carbocycles. The van der Waals surface area contributed by atoms with E-state index in [4.69, 9.17) is 23.2 Å². The first-order chi connectivity index (χ1) is 15.3. The highest BCUT2D eigenvalue weighted by molar-refractivity contribution is 7.89. The SMILES string of the molecule is O=C(NCC(=O)N1CCN(S(=O)(=O)c2ccc(Cl)cc2)CC1)c1sc2ccccc2c1Cl. The summed E-state index contributed by atoms with van der Waals surface area (Å²) in [6.07, 6.45) is 0. The number of thiophene rings is 1. The molecule has 1 aromatic heterocycles. The van der Waals surface area contributed by atoms with Crippen molar-refractivity contribution in [2.24, 2.45) is 0 Å². The predicted octanol–water partition coefficient (Wildman–Crippen LogP) is 3.47. The van der Waals surface area contributed by atoms with Crippen LogP contribution in [0.2, 0.25) is 10.0 Å². The predicted molar refractivity (Wildman–Crippen MR) is 126 cm³/mol. The van der Waals surface area contributed by atoms with Crippen LogP contribution in [-0.2, 0) is 14.8 Å². The minimum Gasteiger partial charge on any atom is -0.342 e. The minimum absolute atomic E-state index is 0.161. The Labute approximate surface area is 199 Å². The number of sulfonamides is 1. The second-order valence-electron chi connectivity index (χ2n) is 7.16. The first-order valence-electron chi connectivity index (χ1n) is 9.76. The molecule has 0 radical (unpaired) electrons. The molecule has 4 rings (SSSR count). The first kappa shape index (κ1) is 23.0. The van der Waals surface area contributed by atoms with Gasteiger partial charge in [0.25, 0.3) is 5.91 Å². The molecule has 0 atom stereocenters. The third-order valence-corrected chi connectivity index (χ3v) is 9.02. The molecule has 3 aromatic rings. The van der Waals surface area contributed by atoms with Crippen molar-refractivity contribution in [3.8, 4) is 0 Å². The summed E-state index contributed by atoms with van der Waals surface area (Å²) in [6.45, 7) is 0.642. The molecule has 1 saturated heterocycles. The monoisotopic (exact) mass is 511 g/mol. The second-order valence-corrected chi connectivity index (χ2v) is 11.0. The van der Waals surface area contributed by atoms with Gasteiger partial charge in [0, 0.05) is 41.3 Å². The molecule has 7 nitrogen and oxygen atoms in total. The van der Waals surface area contributed by atoms with Gasteiger partial charge in [-0.2, -0.15) is 4.31 Å². The Bertz CT molecular complexity index is 1270. The lowest BCUT2D eigenvalue weighted by Gasteiger charge is -2.34. The van der Waals surface area contributed by atoms with Crippen molar-refractivity contribution in [1.82, 2.24) is 14.5 Å². The number of carbonyl (C=O) groups excluding carboxylic acids is 2. The van der Waals surface area contributed by atoms with Gasteiger partial charge in [-0.1, -0.05) is 41.4 Å². The number of nitrogens with one attached hydrogen (secondary N) is 1. The number of amides is 2. The Kier molecular flexibility index (Phi) is 6.73. The largest absolute Gasteiger partial charge is 0.342 e. The third kappa shape index (κ3) is 4.62. The molecule has 0 aliphatic carbocycles. The van der Waals surface area contributed by atoms with E-state index < -0.39 is 15.9 Å². The molecule has 168 valence electrons. The maximum atomic E-state index is 12.8. The van der Waals surface area contributed by atoms with Gasteiger partial charge in [0.15, 0.2) is 0 Å². The number of hydrogen-bond acceptors (Lipinski definition) is 5. The molecule has 1 N–H and O–H groups in total. The van der Waals surface area contributed by atoms with Gasteiger partial charge in [-0.3, -0.25) is 9.59 Å². The number of benzene rings is 2. The van der Waals surface area contributed by atoms with E-state index in [0.717, 1.165) is 10.1 Å². The zero-order chi connectivity index (χ0) is 22.9. The van der Waals surface area contributed by atoms with Crippen molar-refractivity contribution in [1.29, 1.82) is 0 Å². The molecule has 0 bridgehead atoms. The number of piperazine rings is 1. The van der Waals surface area contributed by atoms with E-state index in [1.165, 1.54) is 39.9 Å². The molecule has 0 unspecified atom stereocenters. The average Bonchev–Trinajstić information content (AvgIpc) is 3.14. The van der Waals surface area contributed by atoms with Crippen LogP contribution in [0.4, 0.5) is 0 Å². The second kappa shape index (κ2) is 9.36. The summed E-state index contributed by atoms with van der Waals surface area (Å²) in [5.41, 5.74) is 0. The van der Waals surface area contributed by atoms with E-state index >= 15 is 0 Å². The molecule has 1 aliphatic heterocycles. The van der Waals surface area contributed by atoms with E-state index in [-0.39, 0.29) is 43.5 Å². The molecule has 1 fully saturated rings. The summed E-state index contributed by atoms with van der Waals surface area (Å²) in [7, 11) is -3.65. The number of halogens is 2. The average molecular weight is 512 g/mol. The highest BCUT2D eigenvalue weighted by Crippen LogP contribution is 2.34. The maximum Gasteiger partial charge on any atom is 0.263 e. The molecule has 11 heteroatoms. The number of hydrogen-bond donors (Lipinski definition) is 1. The summed E-state index contributed by atoms with van der Waals surface area (Å²) in [6, 6.07) is 13.4. The molecule has 1 aliphatic rings. The van der Waals surface area contributed by atoms with Crippen molar-refractivity contribution in [3.63, 3.8) is 0 Å². The van der Waals surface area contributed by atoms with Crippen LogP contribution in [0.15, 0.2) is 53.4 Å². The van der Waals surface area contributed by atoms with Gasteiger partial charge in [0.2, 0.25) is 15.9 Å². The van der Waals surface area contributed by atoms with Gasteiger partial charge in [-0.15, -0.1) is 11.3 Å². The standard InChI is InChI=1S/C21H19Cl2N3O4S2/c22-14-5-7-15(8-6-14)32(29,30)26-11-9-25(10-12-26)18(27)13-24-21(28)20-19(23)16-3-1-2-4-17(16)31-20/h1-8H,9-13H2,(H,24,28). The Balaban J connectivity index is 1.33. The van der Waals surface area contributed by atoms with Crippen LogP contribution in [0.5, 0.6) is 0 Å². The molecule has 0 saturated carbocycles. The smallest absolute Gasteiger partial charge is 0.263 e. The van der Waals surface area contributed by atoms with Crippen molar-refractivity contribution in [2.45, 2.75) is 4.90 Å². The number of carbonyl (C=O) groups is 2. The number of nitrogens with zero attached hydrogens (tertiary/aromatic N) is 2. The van der Waals surface area contributed by atoms with Crippen LogP contribution in [-0.4, -0.2) is 62.2 Å². The topological polar surface area (TPSA) is 86.8 Å². The van der Waals surface area contributed by atoms with E-state index in [9.17, 15) is 18.0 Å². The molecular weight excluding hydrogens is 493 g/mol. The van der Waals surface area contributed by atoms with Gasteiger partial charge >= 0.3 is 0 Å². The van der Waals surface area contributed by atoms with Crippen LogP contribution >= 0.6 is 34.5 Å². The minimum atomic E-state index is -3.65. The van der Waals surface area contributed by atoms with Crippen molar-refractivity contribution in [2.75, 3.05) is 32.7 Å². The lowest BCUT2D eigenvalue weighted by molar-refractivity contribution is -0.131. The quantitative estimate of drug-likeness (QED) is 0.568.